The molecular weight excluding hydrogens is 327 g/mol. The van der Waals surface area contributed by atoms with E-state index in [0.717, 1.165) is 0 Å². The SMILES string of the molecule is C[C@@H](OC(=O)c1ccncc1)C(=O)Nc1ccc(Cl)cc1Cl. The lowest BCUT2D eigenvalue weighted by Gasteiger charge is -2.14. The summed E-state index contributed by atoms with van der Waals surface area (Å²) in [5, 5.41) is 3.33. The van der Waals surface area contributed by atoms with Gasteiger partial charge in [0.2, 0.25) is 0 Å². The number of ether oxygens (including phenoxy) is 1. The van der Waals surface area contributed by atoms with Crippen molar-refractivity contribution in [3.63, 3.8) is 0 Å². The zero-order valence-electron chi connectivity index (χ0n) is 11.5. The molecule has 0 aliphatic carbocycles. The van der Waals surface area contributed by atoms with E-state index in [9.17, 15) is 9.59 Å². The van der Waals surface area contributed by atoms with Crippen LogP contribution in [0.25, 0.3) is 0 Å². The molecule has 5 nitrogen and oxygen atoms in total. The monoisotopic (exact) mass is 338 g/mol. The third-order valence-electron chi connectivity index (χ3n) is 2.76. The topological polar surface area (TPSA) is 68.3 Å². The summed E-state index contributed by atoms with van der Waals surface area (Å²) in [6, 6.07) is 7.68. The van der Waals surface area contributed by atoms with E-state index in [0.29, 0.717) is 21.3 Å². The highest BCUT2D eigenvalue weighted by Crippen LogP contribution is 2.25. The highest BCUT2D eigenvalue weighted by atomic mass is 35.5. The molecule has 0 radical (unpaired) electrons. The van der Waals surface area contributed by atoms with Gasteiger partial charge in [0.05, 0.1) is 16.3 Å². The van der Waals surface area contributed by atoms with Crippen molar-refractivity contribution >= 4 is 40.8 Å². The summed E-state index contributed by atoms with van der Waals surface area (Å²) in [5.41, 5.74) is 0.710. The number of amides is 1. The molecule has 0 bridgehead atoms. The number of esters is 1. The summed E-state index contributed by atoms with van der Waals surface area (Å²) in [5.74, 6) is -1.10. The second-order valence-electron chi connectivity index (χ2n) is 4.40. The van der Waals surface area contributed by atoms with Crippen LogP contribution >= 0.6 is 23.2 Å². The summed E-state index contributed by atoms with van der Waals surface area (Å²) in [7, 11) is 0. The molecule has 2 aromatic rings. The molecule has 1 heterocycles. The fourth-order valence-corrected chi connectivity index (χ4v) is 2.05. The molecule has 0 fully saturated rings. The molecule has 22 heavy (non-hydrogen) atoms. The lowest BCUT2D eigenvalue weighted by molar-refractivity contribution is -0.123. The summed E-state index contributed by atoms with van der Waals surface area (Å²) < 4.78 is 5.09. The van der Waals surface area contributed by atoms with Gasteiger partial charge < -0.3 is 10.1 Å². The number of nitrogens with one attached hydrogen (secondary N) is 1. The first-order valence-corrected chi connectivity index (χ1v) is 7.10. The standard InChI is InChI=1S/C15H12Cl2N2O3/c1-9(22-15(21)10-4-6-18-7-5-10)14(20)19-13-3-2-11(16)8-12(13)17/h2-9H,1H3,(H,19,20)/t9-/m1/s1. The number of nitrogens with zero attached hydrogens (tertiary/aromatic N) is 1. The van der Waals surface area contributed by atoms with Crippen LogP contribution in [0, 0.1) is 0 Å². The molecule has 1 aromatic heterocycles. The number of halogens is 2. The highest BCUT2D eigenvalue weighted by Gasteiger charge is 2.19. The summed E-state index contributed by atoms with van der Waals surface area (Å²) in [6.07, 6.45) is 1.95. The van der Waals surface area contributed by atoms with E-state index in [1.54, 1.807) is 12.1 Å². The molecule has 0 saturated heterocycles. The lowest BCUT2D eigenvalue weighted by atomic mass is 10.2. The minimum absolute atomic E-state index is 0.300. The van der Waals surface area contributed by atoms with Gasteiger partial charge in [-0.15, -0.1) is 0 Å². The zero-order chi connectivity index (χ0) is 16.1. The van der Waals surface area contributed by atoms with Crippen molar-refractivity contribution in [1.29, 1.82) is 0 Å². The Kier molecular flexibility index (Phi) is 5.35. The number of rotatable bonds is 4. The Balaban J connectivity index is 1.99. The summed E-state index contributed by atoms with van der Waals surface area (Å²) in [6.45, 7) is 1.47. The van der Waals surface area contributed by atoms with Crippen LogP contribution in [0.4, 0.5) is 5.69 Å². The summed E-state index contributed by atoms with van der Waals surface area (Å²) >= 11 is 11.7. The van der Waals surface area contributed by atoms with Crippen molar-refractivity contribution in [2.75, 3.05) is 5.32 Å². The van der Waals surface area contributed by atoms with Gasteiger partial charge in [0.15, 0.2) is 6.10 Å². The van der Waals surface area contributed by atoms with Crippen molar-refractivity contribution in [2.45, 2.75) is 13.0 Å². The number of aromatic nitrogens is 1. The molecule has 114 valence electrons. The number of carbonyl (C=O) groups is 2. The van der Waals surface area contributed by atoms with Gasteiger partial charge in [0.1, 0.15) is 0 Å². The Morgan fingerprint density at radius 2 is 1.86 bits per heavy atom. The second-order valence-corrected chi connectivity index (χ2v) is 5.24. The van der Waals surface area contributed by atoms with Crippen LogP contribution in [0.2, 0.25) is 10.0 Å². The number of anilines is 1. The normalized spacial score (nSPS) is 11.6. The Bertz CT molecular complexity index is 692. The molecule has 1 aromatic carbocycles. The minimum atomic E-state index is -0.979. The average Bonchev–Trinajstić information content (AvgIpc) is 2.50. The number of hydrogen-bond donors (Lipinski definition) is 1. The first-order chi connectivity index (χ1) is 10.5. The molecule has 0 spiro atoms. The maximum absolute atomic E-state index is 12.0. The van der Waals surface area contributed by atoms with Gasteiger partial charge in [0, 0.05) is 17.4 Å². The van der Waals surface area contributed by atoms with Crippen molar-refractivity contribution in [2.24, 2.45) is 0 Å². The van der Waals surface area contributed by atoms with Crippen molar-refractivity contribution < 1.29 is 14.3 Å². The Morgan fingerprint density at radius 1 is 1.18 bits per heavy atom. The first kappa shape index (κ1) is 16.3. The van der Waals surface area contributed by atoms with E-state index in [2.05, 4.69) is 10.3 Å². The fourth-order valence-electron chi connectivity index (χ4n) is 1.60. The zero-order valence-corrected chi connectivity index (χ0v) is 13.1. The molecule has 2 rings (SSSR count). The maximum Gasteiger partial charge on any atom is 0.339 e. The van der Waals surface area contributed by atoms with Crippen LogP contribution in [-0.4, -0.2) is 23.0 Å². The second kappa shape index (κ2) is 7.24. The number of benzene rings is 1. The lowest BCUT2D eigenvalue weighted by Crippen LogP contribution is -2.30. The molecule has 1 atom stereocenters. The smallest absolute Gasteiger partial charge is 0.339 e. The van der Waals surface area contributed by atoms with E-state index in [-0.39, 0.29) is 0 Å². The van der Waals surface area contributed by atoms with Gasteiger partial charge >= 0.3 is 5.97 Å². The third kappa shape index (κ3) is 4.19. The first-order valence-electron chi connectivity index (χ1n) is 6.34. The van der Waals surface area contributed by atoms with Crippen molar-refractivity contribution in [3.8, 4) is 0 Å². The maximum atomic E-state index is 12.0. The van der Waals surface area contributed by atoms with Gasteiger partial charge in [-0.05, 0) is 37.3 Å². The van der Waals surface area contributed by atoms with Crippen molar-refractivity contribution in [1.82, 2.24) is 4.98 Å². The van der Waals surface area contributed by atoms with Gasteiger partial charge in [0.25, 0.3) is 5.91 Å². The molecule has 0 unspecified atom stereocenters. The Morgan fingerprint density at radius 3 is 2.50 bits per heavy atom. The van der Waals surface area contributed by atoms with Gasteiger partial charge in [-0.2, -0.15) is 0 Å². The largest absolute Gasteiger partial charge is 0.449 e. The molecular formula is C15H12Cl2N2O3. The molecule has 7 heteroatoms. The Hall–Kier alpha value is -2.11. The van der Waals surface area contributed by atoms with Gasteiger partial charge in [-0.25, -0.2) is 4.79 Å². The number of pyridine rings is 1. The van der Waals surface area contributed by atoms with Crippen molar-refractivity contribution in [3.05, 3.63) is 58.3 Å². The highest BCUT2D eigenvalue weighted by molar-refractivity contribution is 6.36. The fraction of sp³-hybridized carbons (Fsp3) is 0.133. The average molecular weight is 339 g/mol. The van der Waals surface area contributed by atoms with Crippen LogP contribution < -0.4 is 5.32 Å². The molecule has 1 amide bonds. The number of hydrogen-bond acceptors (Lipinski definition) is 4. The van der Waals surface area contributed by atoms with Crippen LogP contribution in [0.1, 0.15) is 17.3 Å². The van der Waals surface area contributed by atoms with Crippen LogP contribution in [0.3, 0.4) is 0 Å². The molecule has 0 aliphatic rings. The van der Waals surface area contributed by atoms with E-state index < -0.39 is 18.0 Å². The summed E-state index contributed by atoms with van der Waals surface area (Å²) in [4.78, 5) is 27.7. The van der Waals surface area contributed by atoms with E-state index in [1.165, 1.54) is 37.5 Å². The van der Waals surface area contributed by atoms with Gasteiger partial charge in [-0.3, -0.25) is 9.78 Å². The van der Waals surface area contributed by atoms with Crippen LogP contribution in [0.5, 0.6) is 0 Å². The van der Waals surface area contributed by atoms with E-state index in [1.807, 2.05) is 0 Å². The van der Waals surface area contributed by atoms with E-state index >= 15 is 0 Å². The predicted octanol–water partition coefficient (Wildman–Crippen LogP) is 3.57. The van der Waals surface area contributed by atoms with Gasteiger partial charge in [-0.1, -0.05) is 23.2 Å². The number of carbonyl (C=O) groups excluding carboxylic acids is 2. The van der Waals surface area contributed by atoms with E-state index in [4.69, 9.17) is 27.9 Å². The third-order valence-corrected chi connectivity index (χ3v) is 3.31. The molecule has 0 aliphatic heterocycles. The van der Waals surface area contributed by atoms with Crippen LogP contribution in [0.15, 0.2) is 42.7 Å². The quantitative estimate of drug-likeness (QED) is 0.865. The molecule has 0 saturated carbocycles. The van der Waals surface area contributed by atoms with Crippen LogP contribution in [-0.2, 0) is 9.53 Å². The Labute approximate surface area is 137 Å². The molecule has 1 N–H and O–H groups in total. The predicted molar refractivity (Wildman–Crippen MR) is 84.2 cm³/mol. The minimum Gasteiger partial charge on any atom is -0.449 e.